The van der Waals surface area contributed by atoms with Crippen LogP contribution in [0.25, 0.3) is 0 Å². The SMILES string of the molecule is CCC(CC(C)CO)NC(=O)COc1cccc(C#N)c1. The molecule has 0 aliphatic rings. The molecule has 0 fully saturated rings. The number of ether oxygens (including phenoxy) is 1. The number of carbonyl (C=O) groups is 1. The Labute approximate surface area is 125 Å². The van der Waals surface area contributed by atoms with Crippen LogP contribution >= 0.6 is 0 Å². The number of amides is 1. The van der Waals surface area contributed by atoms with Crippen LogP contribution in [0.5, 0.6) is 5.75 Å². The zero-order valence-corrected chi connectivity index (χ0v) is 12.5. The molecule has 0 heterocycles. The Morgan fingerprint density at radius 3 is 2.90 bits per heavy atom. The van der Waals surface area contributed by atoms with Gasteiger partial charge >= 0.3 is 0 Å². The normalized spacial score (nSPS) is 13.0. The predicted octanol–water partition coefficient (Wildman–Crippen LogP) is 1.85. The van der Waals surface area contributed by atoms with Crippen LogP contribution in [-0.4, -0.2) is 30.3 Å². The number of nitrogens with zero attached hydrogens (tertiary/aromatic N) is 1. The number of rotatable bonds is 8. The number of nitrogens with one attached hydrogen (secondary N) is 1. The summed E-state index contributed by atoms with van der Waals surface area (Å²) in [6, 6.07) is 8.75. The van der Waals surface area contributed by atoms with E-state index in [9.17, 15) is 4.79 Å². The summed E-state index contributed by atoms with van der Waals surface area (Å²) in [5.41, 5.74) is 0.496. The van der Waals surface area contributed by atoms with E-state index in [0.717, 1.165) is 12.8 Å². The van der Waals surface area contributed by atoms with Crippen molar-refractivity contribution < 1.29 is 14.6 Å². The minimum absolute atomic E-state index is 0.0358. The lowest BCUT2D eigenvalue weighted by Gasteiger charge is -2.20. The lowest BCUT2D eigenvalue weighted by atomic mass is 10.0. The van der Waals surface area contributed by atoms with Crippen molar-refractivity contribution in [2.24, 2.45) is 5.92 Å². The van der Waals surface area contributed by atoms with Gasteiger partial charge in [0, 0.05) is 12.6 Å². The van der Waals surface area contributed by atoms with Crippen molar-refractivity contribution in [3.63, 3.8) is 0 Å². The standard InChI is InChI=1S/C16H22N2O3/c1-3-14(7-12(2)10-19)18-16(20)11-21-15-6-4-5-13(8-15)9-17/h4-6,8,12,14,19H,3,7,10-11H2,1-2H3,(H,18,20). The maximum atomic E-state index is 11.8. The second-order valence-electron chi connectivity index (χ2n) is 5.12. The van der Waals surface area contributed by atoms with Crippen LogP contribution in [0.3, 0.4) is 0 Å². The van der Waals surface area contributed by atoms with E-state index in [-0.39, 0.29) is 31.1 Å². The summed E-state index contributed by atoms with van der Waals surface area (Å²) in [6.45, 7) is 3.97. The molecule has 1 amide bonds. The molecule has 0 bridgehead atoms. The fourth-order valence-electron chi connectivity index (χ4n) is 1.96. The van der Waals surface area contributed by atoms with Gasteiger partial charge in [-0.25, -0.2) is 0 Å². The highest BCUT2D eigenvalue weighted by molar-refractivity contribution is 5.77. The van der Waals surface area contributed by atoms with E-state index in [4.69, 9.17) is 15.1 Å². The quantitative estimate of drug-likeness (QED) is 0.765. The first-order valence-corrected chi connectivity index (χ1v) is 7.12. The number of nitriles is 1. The molecule has 0 saturated heterocycles. The van der Waals surface area contributed by atoms with Crippen molar-refractivity contribution in [3.05, 3.63) is 29.8 Å². The van der Waals surface area contributed by atoms with Crippen LogP contribution in [0.2, 0.25) is 0 Å². The van der Waals surface area contributed by atoms with Gasteiger partial charge in [-0.05, 0) is 37.0 Å². The van der Waals surface area contributed by atoms with Gasteiger partial charge in [-0.1, -0.05) is 19.9 Å². The second kappa shape index (κ2) is 8.98. The van der Waals surface area contributed by atoms with Crippen LogP contribution in [0.15, 0.2) is 24.3 Å². The number of aliphatic hydroxyl groups is 1. The van der Waals surface area contributed by atoms with E-state index in [1.165, 1.54) is 0 Å². The van der Waals surface area contributed by atoms with Crippen LogP contribution in [-0.2, 0) is 4.79 Å². The van der Waals surface area contributed by atoms with Crippen LogP contribution in [0.4, 0.5) is 0 Å². The number of hydrogen-bond donors (Lipinski definition) is 2. The zero-order valence-electron chi connectivity index (χ0n) is 12.5. The summed E-state index contributed by atoms with van der Waals surface area (Å²) < 4.78 is 5.37. The van der Waals surface area contributed by atoms with E-state index in [1.807, 2.05) is 19.9 Å². The Morgan fingerprint density at radius 1 is 1.52 bits per heavy atom. The van der Waals surface area contributed by atoms with Gasteiger partial charge in [0.25, 0.3) is 5.91 Å². The molecule has 0 spiro atoms. The Balaban J connectivity index is 2.44. The maximum Gasteiger partial charge on any atom is 0.258 e. The molecular formula is C16H22N2O3. The van der Waals surface area contributed by atoms with Crippen molar-refractivity contribution in [2.75, 3.05) is 13.2 Å². The van der Waals surface area contributed by atoms with Crippen molar-refractivity contribution in [2.45, 2.75) is 32.7 Å². The molecule has 1 aromatic carbocycles. The number of benzene rings is 1. The van der Waals surface area contributed by atoms with Gasteiger partial charge in [-0.15, -0.1) is 0 Å². The monoisotopic (exact) mass is 290 g/mol. The van der Waals surface area contributed by atoms with Gasteiger partial charge in [-0.3, -0.25) is 4.79 Å². The molecule has 5 heteroatoms. The average molecular weight is 290 g/mol. The number of hydrogen-bond acceptors (Lipinski definition) is 4. The summed E-state index contributed by atoms with van der Waals surface area (Å²) in [4.78, 5) is 11.8. The molecule has 5 nitrogen and oxygen atoms in total. The lowest BCUT2D eigenvalue weighted by molar-refractivity contribution is -0.124. The van der Waals surface area contributed by atoms with Crippen molar-refractivity contribution in [1.82, 2.24) is 5.32 Å². The molecule has 21 heavy (non-hydrogen) atoms. The van der Waals surface area contributed by atoms with Gasteiger partial charge in [-0.2, -0.15) is 5.26 Å². The molecule has 1 aromatic rings. The van der Waals surface area contributed by atoms with Gasteiger partial charge < -0.3 is 15.2 Å². The molecule has 2 N–H and O–H groups in total. The third-order valence-corrected chi connectivity index (χ3v) is 3.19. The highest BCUT2D eigenvalue weighted by Gasteiger charge is 2.14. The van der Waals surface area contributed by atoms with Crippen molar-refractivity contribution in [1.29, 1.82) is 5.26 Å². The fourth-order valence-corrected chi connectivity index (χ4v) is 1.96. The van der Waals surface area contributed by atoms with Crippen molar-refractivity contribution >= 4 is 5.91 Å². The average Bonchev–Trinajstić information content (AvgIpc) is 2.52. The number of carbonyl (C=O) groups excluding carboxylic acids is 1. The van der Waals surface area contributed by atoms with Crippen LogP contribution in [0.1, 0.15) is 32.3 Å². The molecule has 0 aromatic heterocycles. The Kier molecular flexibility index (Phi) is 7.27. The minimum Gasteiger partial charge on any atom is -0.484 e. The molecule has 2 atom stereocenters. The summed E-state index contributed by atoms with van der Waals surface area (Å²) in [6.07, 6.45) is 1.54. The van der Waals surface area contributed by atoms with Gasteiger partial charge in [0.2, 0.25) is 0 Å². The highest BCUT2D eigenvalue weighted by atomic mass is 16.5. The highest BCUT2D eigenvalue weighted by Crippen LogP contribution is 2.12. The lowest BCUT2D eigenvalue weighted by Crippen LogP contribution is -2.38. The molecule has 0 aliphatic carbocycles. The topological polar surface area (TPSA) is 82.3 Å². The molecule has 0 radical (unpaired) electrons. The molecular weight excluding hydrogens is 268 g/mol. The van der Waals surface area contributed by atoms with Crippen LogP contribution in [0, 0.1) is 17.2 Å². The second-order valence-corrected chi connectivity index (χ2v) is 5.12. The summed E-state index contributed by atoms with van der Waals surface area (Å²) >= 11 is 0. The molecule has 2 unspecified atom stereocenters. The van der Waals surface area contributed by atoms with E-state index in [2.05, 4.69) is 5.32 Å². The zero-order chi connectivity index (χ0) is 15.7. The smallest absolute Gasteiger partial charge is 0.258 e. The van der Waals surface area contributed by atoms with Crippen LogP contribution < -0.4 is 10.1 Å². The minimum atomic E-state index is -0.200. The number of aliphatic hydroxyl groups excluding tert-OH is 1. The third kappa shape index (κ3) is 6.28. The maximum absolute atomic E-state index is 11.8. The Hall–Kier alpha value is -2.06. The third-order valence-electron chi connectivity index (χ3n) is 3.19. The Morgan fingerprint density at radius 2 is 2.29 bits per heavy atom. The summed E-state index contributed by atoms with van der Waals surface area (Å²) in [7, 11) is 0. The fraction of sp³-hybridized carbons (Fsp3) is 0.500. The van der Waals surface area contributed by atoms with E-state index < -0.39 is 0 Å². The largest absolute Gasteiger partial charge is 0.484 e. The molecule has 0 aliphatic heterocycles. The van der Waals surface area contributed by atoms with E-state index >= 15 is 0 Å². The first-order chi connectivity index (χ1) is 10.1. The van der Waals surface area contributed by atoms with Gasteiger partial charge in [0.1, 0.15) is 5.75 Å². The summed E-state index contributed by atoms with van der Waals surface area (Å²) in [5, 5.41) is 20.7. The van der Waals surface area contributed by atoms with Crippen molar-refractivity contribution in [3.8, 4) is 11.8 Å². The molecule has 0 saturated carbocycles. The predicted molar refractivity (Wildman–Crippen MR) is 79.7 cm³/mol. The molecule has 114 valence electrons. The summed E-state index contributed by atoms with van der Waals surface area (Å²) in [5.74, 6) is 0.457. The molecule has 1 rings (SSSR count). The first kappa shape index (κ1) is 17.0. The Bertz CT molecular complexity index is 497. The van der Waals surface area contributed by atoms with E-state index in [0.29, 0.717) is 11.3 Å². The van der Waals surface area contributed by atoms with Gasteiger partial charge in [0.05, 0.1) is 11.6 Å². The first-order valence-electron chi connectivity index (χ1n) is 7.12. The van der Waals surface area contributed by atoms with Gasteiger partial charge in [0.15, 0.2) is 6.61 Å². The van der Waals surface area contributed by atoms with E-state index in [1.54, 1.807) is 24.3 Å².